The van der Waals surface area contributed by atoms with E-state index < -0.39 is 6.10 Å². The summed E-state index contributed by atoms with van der Waals surface area (Å²) in [7, 11) is 0. The smallest absolute Gasteiger partial charge is 0.164 e. The normalized spacial score (nSPS) is 11.4. The molecule has 2 N–H and O–H groups in total. The molecular weight excluding hydrogens is 1960 g/mol. The van der Waals surface area contributed by atoms with E-state index in [1.807, 2.05) is 121 Å². The quantitative estimate of drug-likeness (QED) is 0.0625. The summed E-state index contributed by atoms with van der Waals surface area (Å²) in [5.41, 5.74) is 30.0. The average molecular weight is 2060 g/mol. The van der Waals surface area contributed by atoms with Gasteiger partial charge < -0.3 is 29.3 Å². The number of aliphatic hydroxyl groups is 2. The first-order valence-corrected chi connectivity index (χ1v) is 48.4. The van der Waals surface area contributed by atoms with Gasteiger partial charge in [0.25, 0.3) is 0 Å². The molecular formula is C134H101IrN9O2-2. The van der Waals surface area contributed by atoms with Crippen LogP contribution in [0.1, 0.15) is 32.4 Å². The second-order valence-electron chi connectivity index (χ2n) is 36.0. The Morgan fingerprint density at radius 3 is 1.17 bits per heavy atom. The van der Waals surface area contributed by atoms with Crippen molar-refractivity contribution in [3.8, 4) is 130 Å². The molecule has 0 aliphatic carbocycles. The largest absolute Gasteiger partial charge is 0.513 e. The van der Waals surface area contributed by atoms with E-state index in [1.54, 1.807) is 19.3 Å². The number of hydrogen-bond acceptors (Lipinski definition) is 8. The maximum Gasteiger partial charge on any atom is 0.164 e. The first-order chi connectivity index (χ1) is 70.9. The van der Waals surface area contributed by atoms with Crippen molar-refractivity contribution in [2.24, 2.45) is 0 Å². The predicted octanol–water partition coefficient (Wildman–Crippen LogP) is 34.2. The summed E-state index contributed by atoms with van der Waals surface area (Å²) in [4.78, 5) is 28.6. The van der Waals surface area contributed by atoms with Crippen molar-refractivity contribution in [1.29, 1.82) is 0 Å². The van der Waals surface area contributed by atoms with Crippen LogP contribution in [0.3, 0.4) is 0 Å². The van der Waals surface area contributed by atoms with Crippen LogP contribution in [0.2, 0.25) is 0 Å². The molecule has 1 radical (unpaired) electrons. The molecule has 0 aliphatic rings. The summed E-state index contributed by atoms with van der Waals surface area (Å²) >= 11 is 0. The molecule has 146 heavy (non-hydrogen) atoms. The van der Waals surface area contributed by atoms with Gasteiger partial charge in [0.2, 0.25) is 0 Å². The minimum atomic E-state index is -0.537. The van der Waals surface area contributed by atoms with Gasteiger partial charge in [0.1, 0.15) is 5.82 Å². The summed E-state index contributed by atoms with van der Waals surface area (Å²) in [5.74, 6) is 3.01. The van der Waals surface area contributed by atoms with Crippen LogP contribution in [0.5, 0.6) is 0 Å². The Labute approximate surface area is 862 Å². The zero-order chi connectivity index (χ0) is 97.4. The Morgan fingerprint density at radius 1 is 0.281 bits per heavy atom. The number of aromatic nitrogens is 9. The SMILES string of the molecule is C.CC(O)=CC(C)O.Cc1c[c-]c(-c2ccccn2)cc1.Cc1c[c-]c(-c2ccccn2)cc1.[Ir].c1ccc(-c2ccc(-n3c4ccccc4c4cc5c6ccccc6n(-c6cccc(-c7nc(-c8ccccc8)nc(-c8ccccc8)n7)c6)c5cc43)cc2)cc1.c1ccc(-n2c(-c3ccc(-c4ccc5c(-c6ccc7ccccc7c6)c6ccccc6c(-c6ccc7ccccc7c6)c5c4)cc3)nc3ccccc32)cc1. The minimum Gasteiger partial charge on any atom is -0.513 e. The number of aliphatic hydroxyl groups excluding tert-OH is 2. The number of hydrogen-bond donors (Lipinski definition) is 2. The molecule has 705 valence electrons. The molecule has 26 rings (SSSR count). The van der Waals surface area contributed by atoms with Crippen molar-refractivity contribution >= 4 is 97.7 Å². The second-order valence-corrected chi connectivity index (χ2v) is 36.0. The number of nitrogens with zero attached hydrogens (tertiary/aromatic N) is 9. The van der Waals surface area contributed by atoms with Crippen LogP contribution >= 0.6 is 0 Å². The number of para-hydroxylation sites is 5. The van der Waals surface area contributed by atoms with Crippen molar-refractivity contribution in [2.45, 2.75) is 41.2 Å². The fraction of sp³-hybridized carbons (Fsp3) is 0.0448. The van der Waals surface area contributed by atoms with Crippen molar-refractivity contribution < 1.29 is 30.3 Å². The molecule has 6 heterocycles. The van der Waals surface area contributed by atoms with Gasteiger partial charge in [-0.05, 0) is 222 Å². The zero-order valence-electron chi connectivity index (χ0n) is 80.2. The van der Waals surface area contributed by atoms with Gasteiger partial charge in [-0.3, -0.25) is 4.57 Å². The molecule has 26 aromatic rings. The Kier molecular flexibility index (Phi) is 28.3. The molecule has 0 aliphatic heterocycles. The standard InChI is InChI=1S/C53H34N2.C51H33N5.2C12H10N.C5H10O2.CH4.Ir/c1-2-16-44(17-3-1)55-50-21-11-10-20-49(50)54-53(55)38-26-22-37(23-27-38)41-30-31-47-48(34-41)52(43-29-25-36-13-5-7-15-40(36)33-43)46-19-9-8-18-45(46)51(47)42-28-24-35-12-4-6-14-39(35)32-42;1-4-15-34(16-5-1)35-27-29-39(30-28-35)55-45-25-12-10-23-41(45)43-32-44-42-24-11-13-26-46(42)56(48(44)33-47(43)55)40-22-14-21-38(31-40)51-53-49(36-17-6-2-7-18-36)52-50(54-51)37-19-8-3-9-20-37;2*1-10-5-7-11(8-6-10)12-4-2-3-9-13-12;1-4(6)3-5(2)7;;/h1-34H;1-33H;2*2-7,9H,1H3;3-4,6-7H,1-2H3;1H4;/q;;2*-1;;;. The van der Waals surface area contributed by atoms with Gasteiger partial charge in [0.05, 0.1) is 45.0 Å². The van der Waals surface area contributed by atoms with Gasteiger partial charge >= 0.3 is 0 Å². The van der Waals surface area contributed by atoms with Crippen LogP contribution in [-0.4, -0.2) is 59.9 Å². The van der Waals surface area contributed by atoms with E-state index in [0.717, 1.165) is 101 Å². The van der Waals surface area contributed by atoms with Crippen molar-refractivity contribution in [1.82, 2.24) is 43.6 Å². The van der Waals surface area contributed by atoms with E-state index in [9.17, 15) is 0 Å². The van der Waals surface area contributed by atoms with Crippen LogP contribution in [0.25, 0.3) is 227 Å². The van der Waals surface area contributed by atoms with E-state index >= 15 is 0 Å². The van der Waals surface area contributed by atoms with Crippen LogP contribution in [0.15, 0.2) is 503 Å². The summed E-state index contributed by atoms with van der Waals surface area (Å²) in [6, 6.07) is 176. The molecule has 1 unspecified atom stereocenters. The summed E-state index contributed by atoms with van der Waals surface area (Å²) in [6.45, 7) is 7.21. The van der Waals surface area contributed by atoms with E-state index in [4.69, 9.17) is 30.1 Å². The maximum atomic E-state index is 8.49. The van der Waals surface area contributed by atoms with Gasteiger partial charge in [0, 0.05) is 93.4 Å². The van der Waals surface area contributed by atoms with Crippen molar-refractivity contribution in [3.63, 3.8) is 0 Å². The fourth-order valence-corrected chi connectivity index (χ4v) is 19.4. The van der Waals surface area contributed by atoms with Gasteiger partial charge in [-0.2, -0.15) is 0 Å². The molecule has 20 aromatic carbocycles. The Balaban J connectivity index is 0.000000134. The molecule has 0 bridgehead atoms. The molecule has 0 amide bonds. The summed E-state index contributed by atoms with van der Waals surface area (Å²) < 4.78 is 7.04. The van der Waals surface area contributed by atoms with Gasteiger partial charge in [-0.1, -0.05) is 361 Å². The van der Waals surface area contributed by atoms with Crippen LogP contribution in [0, 0.1) is 26.0 Å². The third kappa shape index (κ3) is 20.1. The Morgan fingerprint density at radius 2 is 0.671 bits per heavy atom. The average Bonchev–Trinajstić information content (AvgIpc) is 1.32. The third-order valence-electron chi connectivity index (χ3n) is 26.2. The van der Waals surface area contributed by atoms with Crippen LogP contribution < -0.4 is 0 Å². The second kappa shape index (κ2) is 43.2. The third-order valence-corrected chi connectivity index (χ3v) is 26.2. The fourth-order valence-electron chi connectivity index (χ4n) is 19.4. The molecule has 0 saturated carbocycles. The van der Waals surface area contributed by atoms with Gasteiger partial charge in [-0.15, -0.1) is 70.8 Å². The maximum absolute atomic E-state index is 8.49. The first kappa shape index (κ1) is 95.5. The van der Waals surface area contributed by atoms with Crippen LogP contribution in [0.4, 0.5) is 0 Å². The first-order valence-electron chi connectivity index (χ1n) is 48.4. The van der Waals surface area contributed by atoms with E-state index in [-0.39, 0.29) is 33.3 Å². The number of fused-ring (bicyclic) bond motifs is 11. The molecule has 11 nitrogen and oxygen atoms in total. The number of pyridine rings is 2. The topological polar surface area (TPSA) is 133 Å². The monoisotopic (exact) mass is 2060 g/mol. The van der Waals surface area contributed by atoms with E-state index in [1.165, 1.54) is 133 Å². The van der Waals surface area contributed by atoms with E-state index in [0.29, 0.717) is 17.5 Å². The molecule has 6 aromatic heterocycles. The number of aryl methyl sites for hydroxylation is 2. The van der Waals surface area contributed by atoms with Crippen molar-refractivity contribution in [3.05, 3.63) is 527 Å². The number of allylic oxidation sites excluding steroid dienone is 1. The Bertz CT molecular complexity index is 9020. The van der Waals surface area contributed by atoms with Crippen molar-refractivity contribution in [2.75, 3.05) is 0 Å². The molecule has 0 saturated heterocycles. The Hall–Kier alpha value is -18.0. The number of imidazole rings is 1. The molecule has 0 spiro atoms. The molecule has 0 fully saturated rings. The number of benzene rings is 20. The van der Waals surface area contributed by atoms with Crippen LogP contribution in [-0.2, 0) is 20.1 Å². The van der Waals surface area contributed by atoms with Gasteiger partial charge in [-0.25, -0.2) is 19.9 Å². The zero-order valence-corrected chi connectivity index (χ0v) is 82.6. The molecule has 12 heteroatoms. The predicted molar refractivity (Wildman–Crippen MR) is 604 cm³/mol. The molecule has 1 atom stereocenters. The van der Waals surface area contributed by atoms with E-state index in [2.05, 4.69) is 408 Å². The van der Waals surface area contributed by atoms with Gasteiger partial charge in [0.15, 0.2) is 17.5 Å². The minimum absolute atomic E-state index is 0. The summed E-state index contributed by atoms with van der Waals surface area (Å²) in [6.07, 6.45) is 4.41. The summed E-state index contributed by atoms with van der Waals surface area (Å²) in [5, 5.41) is 31.7. The number of rotatable bonds is 14.